The first-order valence-corrected chi connectivity index (χ1v) is 9.88. The first-order valence-electron chi connectivity index (χ1n) is 9.50. The van der Waals surface area contributed by atoms with Crippen LogP contribution >= 0.6 is 11.6 Å². The van der Waals surface area contributed by atoms with Gasteiger partial charge in [-0.2, -0.15) is 5.26 Å². The van der Waals surface area contributed by atoms with Crippen LogP contribution in [-0.2, 0) is 11.3 Å². The van der Waals surface area contributed by atoms with Gasteiger partial charge in [0, 0.05) is 24.7 Å². The smallest absolute Gasteiger partial charge is 0.235 e. The number of benzene rings is 1. The number of nitrogens with zero attached hydrogens (tertiary/aromatic N) is 3. The molecule has 1 amide bonds. The zero-order valence-corrected chi connectivity index (χ0v) is 16.0. The summed E-state index contributed by atoms with van der Waals surface area (Å²) < 4.78 is 0. The minimum absolute atomic E-state index is 0.0143. The Hall–Kier alpha value is -1.61. The summed E-state index contributed by atoms with van der Waals surface area (Å²) >= 11 is 5.95. The predicted molar refractivity (Wildman–Crippen MR) is 103 cm³/mol. The molecule has 0 atom stereocenters. The lowest BCUT2D eigenvalue weighted by atomic mass is 10.00. The van der Waals surface area contributed by atoms with Crippen LogP contribution in [0.2, 0.25) is 5.02 Å². The van der Waals surface area contributed by atoms with Crippen LogP contribution in [0.1, 0.15) is 37.7 Å². The molecule has 2 aliphatic rings. The van der Waals surface area contributed by atoms with Gasteiger partial charge in [-0.1, -0.05) is 23.7 Å². The summed E-state index contributed by atoms with van der Waals surface area (Å²) in [5.41, 5.74) is 0.640. The molecule has 1 N–H and O–H groups in total. The van der Waals surface area contributed by atoms with Gasteiger partial charge in [-0.05, 0) is 62.9 Å². The van der Waals surface area contributed by atoms with Gasteiger partial charge in [0.15, 0.2) is 0 Å². The van der Waals surface area contributed by atoms with Crippen LogP contribution in [-0.4, -0.2) is 54.0 Å². The van der Waals surface area contributed by atoms with Crippen LogP contribution in [0.25, 0.3) is 0 Å². The van der Waals surface area contributed by atoms with E-state index in [9.17, 15) is 10.1 Å². The molecule has 2 fully saturated rings. The lowest BCUT2D eigenvalue weighted by molar-refractivity contribution is -0.123. The van der Waals surface area contributed by atoms with E-state index < -0.39 is 5.54 Å². The molecule has 5 nitrogen and oxygen atoms in total. The van der Waals surface area contributed by atoms with Gasteiger partial charge in [0.2, 0.25) is 5.91 Å². The van der Waals surface area contributed by atoms with E-state index >= 15 is 0 Å². The van der Waals surface area contributed by atoms with Crippen LogP contribution in [0.4, 0.5) is 0 Å². The van der Waals surface area contributed by atoms with Gasteiger partial charge in [0.1, 0.15) is 5.54 Å². The molecule has 0 aromatic heterocycles. The minimum atomic E-state index is -0.621. The monoisotopic (exact) mass is 374 g/mol. The van der Waals surface area contributed by atoms with Crippen molar-refractivity contribution in [3.63, 3.8) is 0 Å². The Kier molecular flexibility index (Phi) is 6.53. The summed E-state index contributed by atoms with van der Waals surface area (Å²) in [5, 5.41) is 13.2. The number of amides is 1. The highest BCUT2D eigenvalue weighted by atomic mass is 35.5. The minimum Gasteiger partial charge on any atom is -0.337 e. The van der Waals surface area contributed by atoms with E-state index in [1.165, 1.54) is 5.56 Å². The molecule has 0 unspecified atom stereocenters. The number of carbonyl (C=O) groups is 1. The lowest BCUT2D eigenvalue weighted by Gasteiger charge is -2.25. The van der Waals surface area contributed by atoms with Crippen molar-refractivity contribution in [1.82, 2.24) is 15.1 Å². The Balaban J connectivity index is 1.46. The normalized spacial score (nSPS) is 21.1. The summed E-state index contributed by atoms with van der Waals surface area (Å²) in [7, 11) is 0. The van der Waals surface area contributed by atoms with Crippen molar-refractivity contribution in [1.29, 1.82) is 5.26 Å². The summed E-state index contributed by atoms with van der Waals surface area (Å²) in [4.78, 5) is 17.0. The van der Waals surface area contributed by atoms with Gasteiger partial charge >= 0.3 is 0 Å². The Bertz CT molecular complexity index is 649. The molecule has 140 valence electrons. The molecule has 1 aliphatic carbocycles. The molecule has 0 radical (unpaired) electrons. The Morgan fingerprint density at radius 2 is 1.73 bits per heavy atom. The fraction of sp³-hybridized carbons (Fsp3) is 0.600. The molecule has 1 aliphatic heterocycles. The van der Waals surface area contributed by atoms with Crippen molar-refractivity contribution in [3.05, 3.63) is 34.9 Å². The lowest BCUT2D eigenvalue weighted by Crippen LogP contribution is -2.49. The van der Waals surface area contributed by atoms with Crippen molar-refractivity contribution in [2.45, 2.75) is 44.2 Å². The van der Waals surface area contributed by atoms with E-state index in [0.29, 0.717) is 6.54 Å². The molecule has 6 heteroatoms. The van der Waals surface area contributed by atoms with Gasteiger partial charge in [-0.3, -0.25) is 14.6 Å². The second kappa shape index (κ2) is 8.85. The van der Waals surface area contributed by atoms with Crippen molar-refractivity contribution >= 4 is 17.5 Å². The van der Waals surface area contributed by atoms with Crippen molar-refractivity contribution in [2.75, 3.05) is 32.7 Å². The quantitative estimate of drug-likeness (QED) is 0.860. The van der Waals surface area contributed by atoms with E-state index in [2.05, 4.69) is 33.3 Å². The third kappa shape index (κ3) is 5.20. The second-order valence-electron chi connectivity index (χ2n) is 7.48. The van der Waals surface area contributed by atoms with Crippen molar-refractivity contribution in [2.24, 2.45) is 0 Å². The number of nitrogens with one attached hydrogen (secondary N) is 1. The molecule has 0 bridgehead atoms. The third-order valence-electron chi connectivity index (χ3n) is 5.42. The third-order valence-corrected chi connectivity index (χ3v) is 5.67. The van der Waals surface area contributed by atoms with Gasteiger partial charge in [0.25, 0.3) is 0 Å². The molecule has 0 spiro atoms. The summed E-state index contributed by atoms with van der Waals surface area (Å²) in [6, 6.07) is 10.3. The van der Waals surface area contributed by atoms with Gasteiger partial charge < -0.3 is 5.32 Å². The van der Waals surface area contributed by atoms with Crippen LogP contribution in [0.3, 0.4) is 0 Å². The molecule has 1 aromatic carbocycles. The predicted octanol–water partition coefficient (Wildman–Crippen LogP) is 2.80. The van der Waals surface area contributed by atoms with E-state index in [-0.39, 0.29) is 5.91 Å². The summed E-state index contributed by atoms with van der Waals surface area (Å²) in [6.07, 6.45) is 4.66. The fourth-order valence-electron chi connectivity index (χ4n) is 3.94. The van der Waals surface area contributed by atoms with E-state index in [4.69, 9.17) is 11.6 Å². The first-order chi connectivity index (χ1) is 12.6. The fourth-order valence-corrected chi connectivity index (χ4v) is 4.07. The topological polar surface area (TPSA) is 59.4 Å². The zero-order valence-electron chi connectivity index (χ0n) is 15.2. The van der Waals surface area contributed by atoms with Crippen LogP contribution in [0.15, 0.2) is 24.3 Å². The molecule has 3 rings (SSSR count). The van der Waals surface area contributed by atoms with Crippen molar-refractivity contribution in [3.8, 4) is 6.07 Å². The maximum absolute atomic E-state index is 12.4. The Morgan fingerprint density at radius 1 is 1.08 bits per heavy atom. The zero-order chi connectivity index (χ0) is 18.4. The molecule has 1 saturated heterocycles. The largest absolute Gasteiger partial charge is 0.337 e. The average Bonchev–Trinajstić information content (AvgIpc) is 2.99. The maximum atomic E-state index is 12.4. The highest BCUT2D eigenvalue weighted by Crippen LogP contribution is 2.28. The molecule has 1 saturated carbocycles. The molecule has 1 aromatic rings. The SMILES string of the molecule is N#CC1(NC(=O)CN2CCCN(Cc3ccc(Cl)cc3)CC2)CCCC1. The number of nitriles is 1. The molecule has 1 heterocycles. The van der Waals surface area contributed by atoms with Gasteiger partial charge in [-0.25, -0.2) is 0 Å². The van der Waals surface area contributed by atoms with E-state index in [1.54, 1.807) is 0 Å². The Labute approximate surface area is 160 Å². The average molecular weight is 375 g/mol. The highest BCUT2D eigenvalue weighted by Gasteiger charge is 2.35. The number of halogens is 1. The van der Waals surface area contributed by atoms with E-state index in [0.717, 1.165) is 69.9 Å². The van der Waals surface area contributed by atoms with Crippen LogP contribution in [0, 0.1) is 11.3 Å². The summed E-state index contributed by atoms with van der Waals surface area (Å²) in [6.45, 7) is 5.07. The van der Waals surface area contributed by atoms with Crippen LogP contribution in [0.5, 0.6) is 0 Å². The van der Waals surface area contributed by atoms with Gasteiger partial charge in [0.05, 0.1) is 12.6 Å². The Morgan fingerprint density at radius 3 is 2.42 bits per heavy atom. The van der Waals surface area contributed by atoms with Crippen molar-refractivity contribution < 1.29 is 4.79 Å². The number of hydrogen-bond donors (Lipinski definition) is 1. The van der Waals surface area contributed by atoms with Crippen LogP contribution < -0.4 is 5.32 Å². The number of carbonyl (C=O) groups excluding carboxylic acids is 1. The highest BCUT2D eigenvalue weighted by molar-refractivity contribution is 6.30. The van der Waals surface area contributed by atoms with Gasteiger partial charge in [-0.15, -0.1) is 0 Å². The summed E-state index contributed by atoms with van der Waals surface area (Å²) in [5.74, 6) is -0.0143. The second-order valence-corrected chi connectivity index (χ2v) is 7.92. The molecular weight excluding hydrogens is 348 g/mol. The number of rotatable bonds is 5. The molecule has 26 heavy (non-hydrogen) atoms. The first kappa shape index (κ1) is 19.2. The number of hydrogen-bond acceptors (Lipinski definition) is 4. The molecular formula is C20H27ClN4O. The maximum Gasteiger partial charge on any atom is 0.235 e. The van der Waals surface area contributed by atoms with E-state index in [1.807, 2.05) is 12.1 Å². The standard InChI is InChI=1S/C20H27ClN4O/c21-18-6-4-17(5-7-18)14-24-10-3-11-25(13-12-24)15-19(26)23-20(16-22)8-1-2-9-20/h4-7H,1-3,8-15H2,(H,23,26).